The van der Waals surface area contributed by atoms with Gasteiger partial charge in [0.05, 0.1) is 12.2 Å². The quantitative estimate of drug-likeness (QED) is 0.0779. The highest BCUT2D eigenvalue weighted by molar-refractivity contribution is 6.74. The Kier molecular flexibility index (Phi) is 10.9. The third kappa shape index (κ3) is 9.51. The van der Waals surface area contributed by atoms with E-state index in [0.717, 1.165) is 55.6 Å². The average molecular weight is 640 g/mol. The number of carbonyl (C=O) groups excluding carboxylic acids is 1. The van der Waals surface area contributed by atoms with Gasteiger partial charge in [0.1, 0.15) is 36.4 Å². The molecule has 0 radical (unpaired) electrons. The number of alkyl halides is 3. The zero-order valence-electron chi connectivity index (χ0n) is 26.4. The largest absolute Gasteiger partial charge is 0.487 e. The number of oxazole rings is 1. The fourth-order valence-corrected chi connectivity index (χ4v) is 5.24. The maximum atomic E-state index is 12.7. The van der Waals surface area contributed by atoms with E-state index in [0.29, 0.717) is 35.1 Å². The van der Waals surface area contributed by atoms with Crippen molar-refractivity contribution in [1.82, 2.24) is 14.5 Å². The predicted molar refractivity (Wildman–Crippen MR) is 170 cm³/mol. The van der Waals surface area contributed by atoms with Crippen LogP contribution in [0.25, 0.3) is 12.2 Å². The molecule has 2 aromatic carbocycles. The number of halogens is 3. The van der Waals surface area contributed by atoms with Gasteiger partial charge in [0.15, 0.2) is 8.32 Å². The van der Waals surface area contributed by atoms with Gasteiger partial charge in [-0.1, -0.05) is 39.0 Å². The number of benzene rings is 2. The number of nitrogens with zero attached hydrogens (tertiary/aromatic N) is 3. The summed E-state index contributed by atoms with van der Waals surface area (Å²) in [5, 5.41) is 0.141. The summed E-state index contributed by atoms with van der Waals surface area (Å²) in [5.74, 6) is 1.77. The molecule has 0 amide bonds. The molecule has 45 heavy (non-hydrogen) atoms. The number of rotatable bonds is 14. The van der Waals surface area contributed by atoms with E-state index >= 15 is 0 Å². The minimum Gasteiger partial charge on any atom is -0.487 e. The lowest BCUT2D eigenvalue weighted by Crippen LogP contribution is -2.40. The lowest BCUT2D eigenvalue weighted by molar-refractivity contribution is -0.137. The van der Waals surface area contributed by atoms with Gasteiger partial charge in [-0.05, 0) is 78.9 Å². The second-order valence-electron chi connectivity index (χ2n) is 12.4. The molecular formula is C34H40F3N3O4Si. The first-order valence-electron chi connectivity index (χ1n) is 14.9. The summed E-state index contributed by atoms with van der Waals surface area (Å²) in [6, 6.07) is 10.3. The van der Waals surface area contributed by atoms with Gasteiger partial charge in [0, 0.05) is 30.6 Å². The molecule has 0 aliphatic carbocycles. The van der Waals surface area contributed by atoms with Crippen molar-refractivity contribution in [1.29, 1.82) is 0 Å². The first-order valence-corrected chi connectivity index (χ1v) is 17.8. The Morgan fingerprint density at radius 2 is 1.76 bits per heavy atom. The Hall–Kier alpha value is -3.96. The van der Waals surface area contributed by atoms with Crippen LogP contribution in [0.5, 0.6) is 5.75 Å². The standard InChI is InChI=1S/C34H40F3N3O4Si/c1-33(2,3)45(4,5)44-24-31-38-17-19-40(31)18-7-6-8-26-12-15-30(20-27(26)21-41)42-22-29-23-43-32(39-29)16-11-25-9-13-28(14-10-25)34(35,36)37/h9-17,19-21,23H,6-8,18,22,24H2,1-5H3/b16-11+. The van der Waals surface area contributed by atoms with Crippen LogP contribution in [0.1, 0.15) is 78.1 Å². The van der Waals surface area contributed by atoms with Gasteiger partial charge in [-0.15, -0.1) is 0 Å². The molecule has 2 aromatic heterocycles. The summed E-state index contributed by atoms with van der Waals surface area (Å²) < 4.78 is 58.0. The van der Waals surface area contributed by atoms with E-state index in [1.165, 1.54) is 18.4 Å². The number of aldehydes is 1. The molecule has 4 rings (SSSR count). The van der Waals surface area contributed by atoms with Gasteiger partial charge >= 0.3 is 6.18 Å². The minimum absolute atomic E-state index is 0.127. The number of carbonyl (C=O) groups is 1. The second kappa shape index (κ2) is 14.4. The monoisotopic (exact) mass is 639 g/mol. The molecule has 0 N–H and O–H groups in total. The molecule has 0 saturated carbocycles. The van der Waals surface area contributed by atoms with Crippen LogP contribution >= 0.6 is 0 Å². The van der Waals surface area contributed by atoms with E-state index in [9.17, 15) is 18.0 Å². The fraction of sp³-hybridized carbons (Fsp3) is 0.382. The van der Waals surface area contributed by atoms with E-state index in [-0.39, 0.29) is 11.6 Å². The zero-order chi connectivity index (χ0) is 32.7. The van der Waals surface area contributed by atoms with E-state index in [2.05, 4.69) is 48.4 Å². The van der Waals surface area contributed by atoms with Gasteiger partial charge in [0.2, 0.25) is 5.89 Å². The van der Waals surface area contributed by atoms with Gasteiger partial charge in [0.25, 0.3) is 0 Å². The second-order valence-corrected chi connectivity index (χ2v) is 17.2. The van der Waals surface area contributed by atoms with Crippen LogP contribution in [0.15, 0.2) is 65.5 Å². The Labute approximate surface area is 263 Å². The lowest BCUT2D eigenvalue weighted by atomic mass is 10.0. The van der Waals surface area contributed by atoms with Crippen molar-refractivity contribution in [3.8, 4) is 5.75 Å². The molecule has 0 aliphatic heterocycles. The van der Waals surface area contributed by atoms with Crippen molar-refractivity contribution in [3.05, 3.63) is 101 Å². The third-order valence-corrected chi connectivity index (χ3v) is 12.6. The van der Waals surface area contributed by atoms with Gasteiger partial charge < -0.3 is 18.1 Å². The van der Waals surface area contributed by atoms with Crippen molar-refractivity contribution in [2.75, 3.05) is 0 Å². The van der Waals surface area contributed by atoms with Crippen molar-refractivity contribution in [2.24, 2.45) is 0 Å². The number of ether oxygens (including phenoxy) is 1. The maximum absolute atomic E-state index is 12.7. The van der Waals surface area contributed by atoms with E-state index < -0.39 is 20.1 Å². The summed E-state index contributed by atoms with van der Waals surface area (Å²) >= 11 is 0. The van der Waals surface area contributed by atoms with E-state index in [1.807, 2.05) is 24.5 Å². The molecule has 0 bridgehead atoms. The van der Waals surface area contributed by atoms with Crippen molar-refractivity contribution < 1.29 is 31.5 Å². The molecule has 7 nitrogen and oxygen atoms in total. The van der Waals surface area contributed by atoms with Crippen LogP contribution in [0, 0.1) is 0 Å². The molecule has 11 heteroatoms. The highest BCUT2D eigenvalue weighted by Gasteiger charge is 2.37. The molecule has 0 aliphatic rings. The SMILES string of the molecule is CC(C)(C)[Si](C)(C)OCc1nccn1CCCCc1ccc(OCc2coc(/C=C/c3ccc(C(F)(F)F)cc3)n2)cc1C=O. The molecule has 2 heterocycles. The van der Waals surface area contributed by atoms with Gasteiger partial charge in [-0.25, -0.2) is 9.97 Å². The van der Waals surface area contributed by atoms with Gasteiger partial charge in [-0.2, -0.15) is 13.2 Å². The Morgan fingerprint density at radius 1 is 1.00 bits per heavy atom. The highest BCUT2D eigenvalue weighted by atomic mass is 28.4. The average Bonchev–Trinajstić information content (AvgIpc) is 3.65. The topological polar surface area (TPSA) is 79.4 Å². The molecule has 0 spiro atoms. The smallest absolute Gasteiger partial charge is 0.416 e. The maximum Gasteiger partial charge on any atom is 0.416 e. The summed E-state index contributed by atoms with van der Waals surface area (Å²) in [6.07, 6.45) is 7.50. The number of hydrogen-bond donors (Lipinski definition) is 0. The first-order chi connectivity index (χ1) is 21.2. The predicted octanol–water partition coefficient (Wildman–Crippen LogP) is 9.00. The first kappa shape index (κ1) is 33.9. The summed E-state index contributed by atoms with van der Waals surface area (Å²) in [7, 11) is -1.86. The van der Waals surface area contributed by atoms with Gasteiger partial charge in [-0.3, -0.25) is 4.79 Å². The molecular weight excluding hydrogens is 599 g/mol. The highest BCUT2D eigenvalue weighted by Crippen LogP contribution is 2.37. The fourth-order valence-electron chi connectivity index (χ4n) is 4.32. The summed E-state index contributed by atoms with van der Waals surface area (Å²) in [6.45, 7) is 12.6. The number of imidazole rings is 1. The lowest BCUT2D eigenvalue weighted by Gasteiger charge is -2.36. The third-order valence-electron chi connectivity index (χ3n) is 8.12. The summed E-state index contributed by atoms with van der Waals surface area (Å²) in [5.41, 5.74) is 1.95. The van der Waals surface area contributed by atoms with Crippen LogP contribution in [-0.2, 0) is 36.8 Å². The molecule has 240 valence electrons. The minimum atomic E-state index is -4.38. The Bertz CT molecular complexity index is 1590. The van der Waals surface area contributed by atoms with Crippen LogP contribution in [-0.4, -0.2) is 29.1 Å². The van der Waals surface area contributed by atoms with Crippen LogP contribution in [0.4, 0.5) is 13.2 Å². The Morgan fingerprint density at radius 3 is 2.44 bits per heavy atom. The van der Waals surface area contributed by atoms with Crippen LogP contribution in [0.3, 0.4) is 0 Å². The van der Waals surface area contributed by atoms with Crippen LogP contribution in [0.2, 0.25) is 18.1 Å². The molecule has 4 aromatic rings. The number of aryl methyl sites for hydroxylation is 2. The number of unbranched alkanes of at least 4 members (excludes halogenated alkanes) is 1. The molecule has 0 unspecified atom stereocenters. The van der Waals surface area contributed by atoms with E-state index in [4.69, 9.17) is 13.6 Å². The molecule has 0 saturated heterocycles. The normalized spacial score (nSPS) is 12.6. The van der Waals surface area contributed by atoms with Crippen molar-refractivity contribution in [3.63, 3.8) is 0 Å². The van der Waals surface area contributed by atoms with Crippen molar-refractivity contribution >= 4 is 26.8 Å². The summed E-state index contributed by atoms with van der Waals surface area (Å²) in [4.78, 5) is 20.7. The van der Waals surface area contributed by atoms with Crippen LogP contribution < -0.4 is 4.74 Å². The molecule has 0 fully saturated rings. The zero-order valence-corrected chi connectivity index (χ0v) is 27.4. The van der Waals surface area contributed by atoms with Crippen molar-refractivity contribution in [2.45, 2.75) is 84.1 Å². The van der Waals surface area contributed by atoms with E-state index in [1.54, 1.807) is 18.2 Å². The number of hydrogen-bond acceptors (Lipinski definition) is 6. The molecule has 0 atom stereocenters. The Balaban J connectivity index is 1.24. The number of aromatic nitrogens is 3.